The van der Waals surface area contributed by atoms with Gasteiger partial charge in [-0.05, 0) is 24.6 Å². The molecule has 8 nitrogen and oxygen atoms in total. The molecule has 9 heteroatoms. The van der Waals surface area contributed by atoms with E-state index in [1.54, 1.807) is 28.3 Å². The third kappa shape index (κ3) is 6.45. The van der Waals surface area contributed by atoms with E-state index in [-0.39, 0.29) is 18.5 Å². The van der Waals surface area contributed by atoms with Crippen LogP contribution in [0.4, 0.5) is 5.69 Å². The molecule has 1 aromatic carbocycles. The monoisotopic (exact) mass is 411 g/mol. The van der Waals surface area contributed by atoms with E-state index in [1.165, 1.54) is 4.90 Å². The molecule has 1 heterocycles. The Labute approximate surface area is 171 Å². The van der Waals surface area contributed by atoms with Gasteiger partial charge < -0.3 is 29.9 Å². The lowest BCUT2D eigenvalue weighted by atomic mass is 10.2. The maximum Gasteiger partial charge on any atom is 0.243 e. The molecule has 28 heavy (non-hydrogen) atoms. The summed E-state index contributed by atoms with van der Waals surface area (Å²) in [6.07, 6.45) is 0.933. The highest BCUT2D eigenvalue weighted by molar-refractivity contribution is 6.30. The molecule has 1 aliphatic rings. The maximum atomic E-state index is 11.9. The number of anilines is 1. The molecule has 156 valence electrons. The van der Waals surface area contributed by atoms with Gasteiger partial charge in [0.25, 0.3) is 0 Å². The van der Waals surface area contributed by atoms with Gasteiger partial charge >= 0.3 is 0 Å². The van der Waals surface area contributed by atoms with Crippen molar-refractivity contribution in [1.29, 1.82) is 0 Å². The summed E-state index contributed by atoms with van der Waals surface area (Å²) in [7, 11) is 6.74. The van der Waals surface area contributed by atoms with E-state index in [9.17, 15) is 4.79 Å². The van der Waals surface area contributed by atoms with Crippen LogP contribution < -0.4 is 20.3 Å². The molecule has 0 aliphatic carbocycles. The van der Waals surface area contributed by atoms with Gasteiger partial charge in [0.15, 0.2) is 5.96 Å². The second kappa shape index (κ2) is 11.0. The number of hydrogen-bond acceptors (Lipinski definition) is 5. The van der Waals surface area contributed by atoms with Crippen molar-refractivity contribution < 1.29 is 14.3 Å². The van der Waals surface area contributed by atoms with Crippen LogP contribution in [-0.4, -0.2) is 83.9 Å². The minimum atomic E-state index is -0.0513. The fraction of sp³-hybridized carbons (Fsp3) is 0.579. The number of hydrogen-bond donors (Lipinski definition) is 2. The van der Waals surface area contributed by atoms with Gasteiger partial charge in [0, 0.05) is 51.9 Å². The molecule has 0 bridgehead atoms. The van der Waals surface area contributed by atoms with Gasteiger partial charge in [-0.2, -0.15) is 0 Å². The first-order chi connectivity index (χ1) is 13.4. The van der Waals surface area contributed by atoms with Gasteiger partial charge in [-0.3, -0.25) is 4.79 Å². The Balaban J connectivity index is 2.02. The topological polar surface area (TPSA) is 78.4 Å². The minimum Gasteiger partial charge on any atom is -0.495 e. The number of carbonyl (C=O) groups is 1. The van der Waals surface area contributed by atoms with Gasteiger partial charge in [0.05, 0.1) is 19.4 Å². The van der Waals surface area contributed by atoms with E-state index in [4.69, 9.17) is 21.1 Å². The zero-order chi connectivity index (χ0) is 20.5. The van der Waals surface area contributed by atoms with Crippen LogP contribution in [0.3, 0.4) is 0 Å². The van der Waals surface area contributed by atoms with Crippen molar-refractivity contribution in [1.82, 2.24) is 15.5 Å². The van der Waals surface area contributed by atoms with Crippen molar-refractivity contribution in [3.05, 3.63) is 23.2 Å². The second-order valence-electron chi connectivity index (χ2n) is 6.76. The smallest absolute Gasteiger partial charge is 0.243 e. The van der Waals surface area contributed by atoms with Gasteiger partial charge in [0.1, 0.15) is 12.3 Å². The van der Waals surface area contributed by atoms with E-state index >= 15 is 0 Å². The van der Waals surface area contributed by atoms with Crippen LogP contribution in [0.1, 0.15) is 6.42 Å². The molecular weight excluding hydrogens is 382 g/mol. The van der Waals surface area contributed by atoms with Crippen molar-refractivity contribution in [2.24, 2.45) is 4.99 Å². The summed E-state index contributed by atoms with van der Waals surface area (Å²) >= 11 is 6.17. The lowest BCUT2D eigenvalue weighted by Crippen LogP contribution is -2.46. The summed E-state index contributed by atoms with van der Waals surface area (Å²) in [5, 5.41) is 7.30. The third-order valence-electron chi connectivity index (χ3n) is 4.48. The van der Waals surface area contributed by atoms with Crippen LogP contribution in [0, 0.1) is 0 Å². The number of aliphatic imine (C=N–C) groups is 1. The summed E-state index contributed by atoms with van der Waals surface area (Å²) in [4.78, 5) is 20.0. The summed E-state index contributed by atoms with van der Waals surface area (Å²) in [6, 6.07) is 5.81. The summed E-state index contributed by atoms with van der Waals surface area (Å²) in [5.74, 6) is 1.36. The number of guanidine groups is 1. The van der Waals surface area contributed by atoms with E-state index in [0.29, 0.717) is 24.1 Å². The fourth-order valence-electron chi connectivity index (χ4n) is 2.91. The predicted molar refractivity (Wildman–Crippen MR) is 113 cm³/mol. The first kappa shape index (κ1) is 22.1. The third-order valence-corrected chi connectivity index (χ3v) is 4.72. The van der Waals surface area contributed by atoms with Crippen LogP contribution in [0.15, 0.2) is 23.2 Å². The van der Waals surface area contributed by atoms with E-state index in [2.05, 4.69) is 20.5 Å². The maximum absolute atomic E-state index is 11.9. The molecule has 2 N–H and O–H groups in total. The van der Waals surface area contributed by atoms with Crippen molar-refractivity contribution in [2.75, 3.05) is 66.0 Å². The molecule has 1 atom stereocenters. The summed E-state index contributed by atoms with van der Waals surface area (Å²) in [5.41, 5.74) is 0.980. The molecule has 1 amide bonds. The number of ether oxygens (including phenoxy) is 2. The van der Waals surface area contributed by atoms with Gasteiger partial charge in [0.2, 0.25) is 5.91 Å². The minimum absolute atomic E-state index is 0.0513. The fourth-order valence-corrected chi connectivity index (χ4v) is 3.08. The average molecular weight is 412 g/mol. The molecule has 1 unspecified atom stereocenters. The van der Waals surface area contributed by atoms with Crippen LogP contribution >= 0.6 is 11.6 Å². The molecule has 0 radical (unpaired) electrons. The molecule has 2 rings (SSSR count). The van der Waals surface area contributed by atoms with E-state index in [0.717, 1.165) is 30.9 Å². The largest absolute Gasteiger partial charge is 0.495 e. The number of amides is 1. The Morgan fingerprint density at radius 1 is 1.39 bits per heavy atom. The Bertz CT molecular complexity index is 684. The zero-order valence-electron chi connectivity index (χ0n) is 17.0. The van der Waals surface area contributed by atoms with E-state index in [1.807, 2.05) is 18.2 Å². The van der Waals surface area contributed by atoms with Crippen LogP contribution in [0.25, 0.3) is 0 Å². The second-order valence-corrected chi connectivity index (χ2v) is 7.20. The first-order valence-electron chi connectivity index (χ1n) is 9.27. The van der Waals surface area contributed by atoms with Crippen molar-refractivity contribution in [2.45, 2.75) is 12.5 Å². The highest BCUT2D eigenvalue weighted by Crippen LogP contribution is 2.33. The molecule has 0 saturated carbocycles. The highest BCUT2D eigenvalue weighted by atomic mass is 35.5. The lowest BCUT2D eigenvalue weighted by molar-refractivity contribution is -0.127. The molecule has 1 saturated heterocycles. The van der Waals surface area contributed by atoms with Crippen LogP contribution in [-0.2, 0) is 9.53 Å². The number of nitrogens with zero attached hydrogens (tertiary/aromatic N) is 3. The van der Waals surface area contributed by atoms with Gasteiger partial charge in [-0.1, -0.05) is 11.6 Å². The average Bonchev–Trinajstić information content (AvgIpc) is 3.14. The summed E-state index contributed by atoms with van der Waals surface area (Å²) < 4.78 is 10.6. The van der Waals surface area contributed by atoms with Crippen molar-refractivity contribution in [3.63, 3.8) is 0 Å². The standard InChI is InChI=1S/C19H30ClN5O3/c1-24(2)18(26)12-22-19(21-8-10-27-3)23-15-7-9-25(13-15)16-11-14(20)5-6-17(16)28-4/h5-6,11,15H,7-10,12-13H2,1-4H3,(H2,21,22,23). The van der Waals surface area contributed by atoms with Crippen molar-refractivity contribution >= 4 is 29.2 Å². The number of halogens is 1. The van der Waals surface area contributed by atoms with Crippen molar-refractivity contribution in [3.8, 4) is 5.75 Å². The van der Waals surface area contributed by atoms with Crippen LogP contribution in [0.2, 0.25) is 5.02 Å². The number of carbonyl (C=O) groups excluding carboxylic acids is 1. The number of methoxy groups -OCH3 is 2. The predicted octanol–water partition coefficient (Wildman–Crippen LogP) is 1.20. The zero-order valence-corrected chi connectivity index (χ0v) is 17.8. The first-order valence-corrected chi connectivity index (χ1v) is 9.64. The normalized spacial score (nSPS) is 16.8. The van der Waals surface area contributed by atoms with Crippen LogP contribution in [0.5, 0.6) is 5.75 Å². The molecule has 1 aliphatic heterocycles. The molecular formula is C19H30ClN5O3. The summed E-state index contributed by atoms with van der Waals surface area (Å²) in [6.45, 7) is 2.91. The van der Waals surface area contributed by atoms with E-state index < -0.39 is 0 Å². The Kier molecular flexibility index (Phi) is 8.66. The number of nitrogens with one attached hydrogen (secondary N) is 2. The Morgan fingerprint density at radius 3 is 2.86 bits per heavy atom. The molecule has 1 aromatic rings. The molecule has 1 fully saturated rings. The quantitative estimate of drug-likeness (QED) is 0.380. The number of rotatable bonds is 8. The molecule has 0 aromatic heterocycles. The molecule has 0 spiro atoms. The SMILES string of the molecule is COCCNC(=NCC(=O)N(C)C)NC1CCN(c2cc(Cl)ccc2OC)C1. The number of benzene rings is 1. The highest BCUT2D eigenvalue weighted by Gasteiger charge is 2.25. The number of likely N-dealkylation sites (N-methyl/N-ethyl adjacent to an activating group) is 1. The Morgan fingerprint density at radius 2 is 2.18 bits per heavy atom. The Hall–Kier alpha value is -2.19. The van der Waals surface area contributed by atoms with Gasteiger partial charge in [-0.25, -0.2) is 4.99 Å². The van der Waals surface area contributed by atoms with Gasteiger partial charge in [-0.15, -0.1) is 0 Å². The lowest BCUT2D eigenvalue weighted by Gasteiger charge is -2.22.